The van der Waals surface area contributed by atoms with Crippen LogP contribution in [0.25, 0.3) is 16.6 Å². The first kappa shape index (κ1) is 21.7. The third-order valence-electron chi connectivity index (χ3n) is 5.71. The van der Waals surface area contributed by atoms with Gasteiger partial charge in [-0.15, -0.1) is 10.2 Å². The van der Waals surface area contributed by atoms with Crippen LogP contribution in [0, 0.1) is 0 Å². The topological polar surface area (TPSA) is 74.5 Å². The lowest BCUT2D eigenvalue weighted by atomic mass is 10.1. The number of rotatable bonds is 4. The molecule has 33 heavy (non-hydrogen) atoms. The van der Waals surface area contributed by atoms with Crippen LogP contribution < -0.4 is 10.2 Å². The Morgan fingerprint density at radius 3 is 2.61 bits per heavy atom. The SMILES string of the molecule is CN1CCN(c2cnc3cc(C(F)(F)F)cc(NCc4nnc5ccc(Cl)nn45)c3c2)CC1. The van der Waals surface area contributed by atoms with Crippen molar-refractivity contribution in [2.75, 3.05) is 43.4 Å². The van der Waals surface area contributed by atoms with Crippen molar-refractivity contribution < 1.29 is 13.2 Å². The van der Waals surface area contributed by atoms with Crippen LogP contribution in [-0.4, -0.2) is 62.9 Å². The second kappa shape index (κ2) is 8.31. The Morgan fingerprint density at radius 1 is 1.06 bits per heavy atom. The minimum Gasteiger partial charge on any atom is -0.377 e. The highest BCUT2D eigenvalue weighted by Gasteiger charge is 2.32. The molecule has 0 radical (unpaired) electrons. The van der Waals surface area contributed by atoms with Crippen molar-refractivity contribution >= 4 is 39.5 Å². The Morgan fingerprint density at radius 2 is 1.85 bits per heavy atom. The number of hydrogen-bond donors (Lipinski definition) is 1. The quantitative estimate of drug-likeness (QED) is 0.481. The van der Waals surface area contributed by atoms with Crippen molar-refractivity contribution in [3.63, 3.8) is 0 Å². The van der Waals surface area contributed by atoms with Crippen LogP contribution in [0.3, 0.4) is 0 Å². The zero-order chi connectivity index (χ0) is 23.2. The number of nitrogens with zero attached hydrogens (tertiary/aromatic N) is 7. The van der Waals surface area contributed by atoms with E-state index in [1.54, 1.807) is 18.3 Å². The number of fused-ring (bicyclic) bond motifs is 2. The minimum absolute atomic E-state index is 0.101. The lowest BCUT2D eigenvalue weighted by Crippen LogP contribution is -2.44. The molecule has 1 saturated heterocycles. The molecule has 4 aromatic rings. The fourth-order valence-corrected chi connectivity index (χ4v) is 4.00. The first-order chi connectivity index (χ1) is 15.8. The van der Waals surface area contributed by atoms with Gasteiger partial charge in [0.1, 0.15) is 5.15 Å². The summed E-state index contributed by atoms with van der Waals surface area (Å²) in [4.78, 5) is 8.78. The summed E-state index contributed by atoms with van der Waals surface area (Å²) >= 11 is 5.97. The van der Waals surface area contributed by atoms with Gasteiger partial charge in [0.15, 0.2) is 11.5 Å². The summed E-state index contributed by atoms with van der Waals surface area (Å²) in [5.41, 5.74) is 1.16. The molecule has 0 unspecified atom stereocenters. The second-order valence-corrected chi connectivity index (χ2v) is 8.36. The summed E-state index contributed by atoms with van der Waals surface area (Å²) in [5.74, 6) is 0.418. The van der Waals surface area contributed by atoms with Gasteiger partial charge in [0, 0.05) is 37.3 Å². The van der Waals surface area contributed by atoms with Gasteiger partial charge in [-0.25, -0.2) is 0 Å². The second-order valence-electron chi connectivity index (χ2n) is 7.97. The van der Waals surface area contributed by atoms with E-state index in [9.17, 15) is 13.2 Å². The highest BCUT2D eigenvalue weighted by Crippen LogP contribution is 2.36. The summed E-state index contributed by atoms with van der Waals surface area (Å²) in [5, 5.41) is 16.2. The van der Waals surface area contributed by atoms with Crippen molar-refractivity contribution in [2.45, 2.75) is 12.7 Å². The summed E-state index contributed by atoms with van der Waals surface area (Å²) < 4.78 is 42.1. The van der Waals surface area contributed by atoms with E-state index in [0.29, 0.717) is 22.5 Å². The van der Waals surface area contributed by atoms with Gasteiger partial charge in [-0.3, -0.25) is 4.98 Å². The highest BCUT2D eigenvalue weighted by molar-refractivity contribution is 6.29. The molecule has 0 saturated carbocycles. The van der Waals surface area contributed by atoms with E-state index < -0.39 is 11.7 Å². The van der Waals surface area contributed by atoms with E-state index in [2.05, 4.69) is 42.4 Å². The molecule has 0 spiro atoms. The molecular weight excluding hydrogens is 457 g/mol. The van der Waals surface area contributed by atoms with Gasteiger partial charge in [-0.1, -0.05) is 11.6 Å². The Hall–Kier alpha value is -3.18. The van der Waals surface area contributed by atoms with Crippen LogP contribution in [0.1, 0.15) is 11.4 Å². The van der Waals surface area contributed by atoms with Crippen molar-refractivity contribution in [3.05, 3.63) is 53.1 Å². The van der Waals surface area contributed by atoms with Crippen molar-refractivity contribution in [3.8, 4) is 0 Å². The third-order valence-corrected chi connectivity index (χ3v) is 5.92. The van der Waals surface area contributed by atoms with Crippen molar-refractivity contribution in [1.29, 1.82) is 0 Å². The molecule has 172 valence electrons. The number of piperazine rings is 1. The van der Waals surface area contributed by atoms with Gasteiger partial charge in [0.2, 0.25) is 0 Å². The molecule has 1 aliphatic heterocycles. The standard InChI is InChI=1S/C21H20ClF3N8/c1-31-4-6-32(7-5-31)14-10-15-16(26-11-14)8-13(21(23,24)25)9-17(15)27-12-20-29-28-19-3-2-18(22)30-33(19)20/h2-3,8-11,27H,4-7,12H2,1H3. The first-order valence-corrected chi connectivity index (χ1v) is 10.7. The normalized spacial score (nSPS) is 15.5. The fourth-order valence-electron chi connectivity index (χ4n) is 3.86. The molecule has 8 nitrogen and oxygen atoms in total. The van der Waals surface area contributed by atoms with E-state index in [1.165, 1.54) is 4.52 Å². The van der Waals surface area contributed by atoms with E-state index in [0.717, 1.165) is 44.0 Å². The summed E-state index contributed by atoms with van der Waals surface area (Å²) in [6, 6.07) is 7.31. The number of likely N-dealkylation sites (N-methyl/N-ethyl adjacent to an activating group) is 1. The monoisotopic (exact) mass is 476 g/mol. The lowest BCUT2D eigenvalue weighted by Gasteiger charge is -2.34. The van der Waals surface area contributed by atoms with Gasteiger partial charge >= 0.3 is 6.18 Å². The summed E-state index contributed by atoms with van der Waals surface area (Å²) in [6.45, 7) is 3.57. The maximum Gasteiger partial charge on any atom is 0.416 e. The smallest absolute Gasteiger partial charge is 0.377 e. The van der Waals surface area contributed by atoms with Crippen LogP contribution in [0.5, 0.6) is 0 Å². The average Bonchev–Trinajstić information content (AvgIpc) is 3.19. The molecule has 1 aliphatic rings. The van der Waals surface area contributed by atoms with E-state index in [1.807, 2.05) is 6.07 Å². The number of pyridine rings is 1. The Kier molecular flexibility index (Phi) is 5.45. The van der Waals surface area contributed by atoms with Gasteiger partial charge in [-0.2, -0.15) is 22.8 Å². The van der Waals surface area contributed by atoms with Crippen molar-refractivity contribution in [2.24, 2.45) is 0 Å². The van der Waals surface area contributed by atoms with Crippen molar-refractivity contribution in [1.82, 2.24) is 29.7 Å². The van der Waals surface area contributed by atoms with Crippen LogP contribution in [0.2, 0.25) is 5.15 Å². The van der Waals surface area contributed by atoms with Gasteiger partial charge < -0.3 is 15.1 Å². The number of benzene rings is 1. The Labute approximate surface area is 192 Å². The maximum atomic E-state index is 13.5. The van der Waals surface area contributed by atoms with Gasteiger partial charge in [-0.05, 0) is 37.4 Å². The number of aromatic nitrogens is 5. The predicted molar refractivity (Wildman–Crippen MR) is 120 cm³/mol. The molecule has 12 heteroatoms. The van der Waals surface area contributed by atoms with Gasteiger partial charge in [0.25, 0.3) is 0 Å². The average molecular weight is 477 g/mol. The zero-order valence-electron chi connectivity index (χ0n) is 17.6. The third kappa shape index (κ3) is 4.38. The Bertz CT molecular complexity index is 1310. The molecular formula is C21H20ClF3N8. The van der Waals surface area contributed by atoms with Crippen LogP contribution in [0.4, 0.5) is 24.5 Å². The molecule has 5 rings (SSSR count). The highest BCUT2D eigenvalue weighted by atomic mass is 35.5. The molecule has 1 aromatic carbocycles. The molecule has 0 amide bonds. The number of alkyl halides is 3. The summed E-state index contributed by atoms with van der Waals surface area (Å²) in [6.07, 6.45) is -2.87. The number of hydrogen-bond acceptors (Lipinski definition) is 7. The largest absolute Gasteiger partial charge is 0.416 e. The van der Waals surface area contributed by atoms with E-state index in [-0.39, 0.29) is 17.2 Å². The lowest BCUT2D eigenvalue weighted by molar-refractivity contribution is -0.137. The number of halogens is 4. The predicted octanol–water partition coefficient (Wildman–Crippen LogP) is 3.71. The maximum absolute atomic E-state index is 13.5. The molecule has 0 atom stereocenters. The molecule has 0 aliphatic carbocycles. The first-order valence-electron chi connectivity index (χ1n) is 10.3. The fraction of sp³-hybridized carbons (Fsp3) is 0.333. The molecule has 1 N–H and O–H groups in total. The Balaban J connectivity index is 1.52. The van der Waals surface area contributed by atoms with Crippen LogP contribution in [-0.2, 0) is 12.7 Å². The zero-order valence-corrected chi connectivity index (χ0v) is 18.4. The van der Waals surface area contributed by atoms with E-state index >= 15 is 0 Å². The molecule has 3 aromatic heterocycles. The molecule has 1 fully saturated rings. The minimum atomic E-state index is -4.50. The van der Waals surface area contributed by atoms with E-state index in [4.69, 9.17) is 11.6 Å². The van der Waals surface area contributed by atoms with Gasteiger partial charge in [0.05, 0.1) is 29.5 Å². The van der Waals surface area contributed by atoms with Crippen LogP contribution in [0.15, 0.2) is 36.5 Å². The van der Waals surface area contributed by atoms with Crippen LogP contribution >= 0.6 is 11.6 Å². The molecule has 4 heterocycles. The number of anilines is 2. The summed E-state index contributed by atoms with van der Waals surface area (Å²) in [7, 11) is 2.06. The number of nitrogens with one attached hydrogen (secondary N) is 1. The molecule has 0 bridgehead atoms.